The Balaban J connectivity index is 1.37. The van der Waals surface area contributed by atoms with Crippen LogP contribution < -0.4 is 22.2 Å². The van der Waals surface area contributed by atoms with Crippen LogP contribution in [0.25, 0.3) is 22.3 Å². The second-order valence-electron chi connectivity index (χ2n) is 9.90. The fraction of sp³-hybridized carbons (Fsp3) is 0.360. The van der Waals surface area contributed by atoms with Gasteiger partial charge in [0.15, 0.2) is 5.82 Å². The highest BCUT2D eigenvalue weighted by Gasteiger charge is 2.38. The van der Waals surface area contributed by atoms with Crippen LogP contribution in [0.2, 0.25) is 0 Å². The van der Waals surface area contributed by atoms with E-state index in [2.05, 4.69) is 25.4 Å². The maximum atomic E-state index is 15.0. The Morgan fingerprint density at radius 2 is 1.81 bits per heavy atom. The van der Waals surface area contributed by atoms with Crippen LogP contribution in [0.5, 0.6) is 0 Å². The van der Waals surface area contributed by atoms with Crippen molar-refractivity contribution >= 4 is 22.4 Å². The van der Waals surface area contributed by atoms with Gasteiger partial charge in [0.25, 0.3) is 11.1 Å². The van der Waals surface area contributed by atoms with E-state index in [-0.39, 0.29) is 28.9 Å². The number of hydrogen-bond donors (Lipinski definition) is 3. The fourth-order valence-corrected chi connectivity index (χ4v) is 5.10. The maximum absolute atomic E-state index is 15.0. The van der Waals surface area contributed by atoms with Crippen LogP contribution in [0.15, 0.2) is 40.4 Å². The molecule has 1 unspecified atom stereocenters. The maximum Gasteiger partial charge on any atom is 0.423 e. The van der Waals surface area contributed by atoms with Crippen LogP contribution in [-0.4, -0.2) is 35.8 Å². The molecule has 1 aromatic carbocycles. The minimum absolute atomic E-state index is 0.0411. The molecule has 1 aliphatic carbocycles. The summed E-state index contributed by atoms with van der Waals surface area (Å²) >= 11 is 0. The first-order valence-corrected chi connectivity index (χ1v) is 12.5. The lowest BCUT2D eigenvalue weighted by atomic mass is 9.85. The zero-order chi connectivity index (χ0) is 30.4. The third-order valence-corrected chi connectivity index (χ3v) is 7.01. The van der Waals surface area contributed by atoms with Gasteiger partial charge in [-0.25, -0.2) is 24.4 Å². The zero-order valence-corrected chi connectivity index (χ0v) is 21.4. The van der Waals surface area contributed by atoms with E-state index in [1.165, 1.54) is 10.9 Å². The van der Waals surface area contributed by atoms with E-state index in [9.17, 15) is 35.9 Å². The molecule has 3 heterocycles. The summed E-state index contributed by atoms with van der Waals surface area (Å²) in [6.07, 6.45) is -4.94. The molecule has 222 valence electrons. The number of aromatic nitrogens is 6. The molecule has 10 nitrogen and oxygen atoms in total. The van der Waals surface area contributed by atoms with Gasteiger partial charge in [-0.1, -0.05) is 6.42 Å². The standard InChI is InChI=1S/C25H21F7N8O2/c26-16-5-14-17(6-13(16)21-34-7-15(20(33)38-21)24(27,28)29)35-10-40(23(14)42)9-11-2-1-3-12(4-11)37-18-8-36-39-22(41)19(18)25(30,31)32/h5-8,10-12H,1-4,9H2,(H2,33,34,38)(H2,37,39,41)/t11?,12-/m0/s1. The predicted molar refractivity (Wildman–Crippen MR) is 136 cm³/mol. The molecular weight excluding hydrogens is 577 g/mol. The van der Waals surface area contributed by atoms with Crippen molar-refractivity contribution in [2.75, 3.05) is 11.1 Å². The van der Waals surface area contributed by atoms with E-state index < -0.39 is 63.8 Å². The molecule has 1 aliphatic rings. The Morgan fingerprint density at radius 1 is 1.05 bits per heavy atom. The Kier molecular flexibility index (Phi) is 7.36. The van der Waals surface area contributed by atoms with Gasteiger partial charge in [-0.3, -0.25) is 14.2 Å². The van der Waals surface area contributed by atoms with Crippen molar-refractivity contribution in [3.05, 3.63) is 68.5 Å². The second kappa shape index (κ2) is 10.7. The van der Waals surface area contributed by atoms with Crippen LogP contribution in [-0.2, 0) is 18.9 Å². The van der Waals surface area contributed by atoms with Gasteiger partial charge in [0.2, 0.25) is 0 Å². The minimum atomic E-state index is -4.89. The number of H-pyrrole nitrogens is 1. The minimum Gasteiger partial charge on any atom is -0.383 e. The summed E-state index contributed by atoms with van der Waals surface area (Å²) < 4.78 is 95.4. The van der Waals surface area contributed by atoms with Crippen molar-refractivity contribution in [2.45, 2.75) is 50.6 Å². The lowest BCUT2D eigenvalue weighted by Gasteiger charge is -2.31. The number of nitrogens with two attached hydrogens (primary N) is 1. The second-order valence-corrected chi connectivity index (χ2v) is 9.90. The van der Waals surface area contributed by atoms with Crippen LogP contribution in [0.3, 0.4) is 0 Å². The van der Waals surface area contributed by atoms with Crippen LogP contribution in [0.4, 0.5) is 42.2 Å². The lowest BCUT2D eigenvalue weighted by Crippen LogP contribution is -2.34. The van der Waals surface area contributed by atoms with Gasteiger partial charge in [-0.15, -0.1) is 0 Å². The number of rotatable bonds is 5. The number of benzene rings is 1. The van der Waals surface area contributed by atoms with Crippen LogP contribution in [0, 0.1) is 11.7 Å². The molecule has 0 aliphatic heterocycles. The van der Waals surface area contributed by atoms with E-state index in [1.54, 1.807) is 5.10 Å². The predicted octanol–water partition coefficient (Wildman–Crippen LogP) is 4.37. The Bertz CT molecular complexity index is 1770. The summed E-state index contributed by atoms with van der Waals surface area (Å²) in [6.45, 7) is 0.140. The van der Waals surface area contributed by atoms with Gasteiger partial charge in [0.1, 0.15) is 22.8 Å². The summed E-state index contributed by atoms with van der Waals surface area (Å²) in [7, 11) is 0. The molecule has 5 rings (SSSR count). The molecule has 0 amide bonds. The highest BCUT2D eigenvalue weighted by atomic mass is 19.4. The van der Waals surface area contributed by atoms with Gasteiger partial charge >= 0.3 is 12.4 Å². The summed E-state index contributed by atoms with van der Waals surface area (Å²) in [5, 5.41) is 7.90. The first-order valence-electron chi connectivity index (χ1n) is 12.5. The number of hydrogen-bond acceptors (Lipinski definition) is 8. The largest absolute Gasteiger partial charge is 0.423 e. The third-order valence-electron chi connectivity index (χ3n) is 7.01. The summed E-state index contributed by atoms with van der Waals surface area (Å²) in [4.78, 5) is 36.3. The third kappa shape index (κ3) is 5.75. The molecule has 1 saturated carbocycles. The molecule has 17 heteroatoms. The number of aromatic amines is 1. The van der Waals surface area contributed by atoms with Gasteiger partial charge in [0.05, 0.1) is 34.7 Å². The molecule has 2 atom stereocenters. The normalized spacial score (nSPS) is 17.9. The number of alkyl halides is 6. The van der Waals surface area contributed by atoms with Gasteiger partial charge in [-0.2, -0.15) is 31.4 Å². The number of nitrogens with zero attached hydrogens (tertiary/aromatic N) is 5. The van der Waals surface area contributed by atoms with E-state index >= 15 is 4.39 Å². The number of nitrogens with one attached hydrogen (secondary N) is 2. The molecule has 0 saturated heterocycles. The molecule has 4 N–H and O–H groups in total. The Labute approximate surface area is 230 Å². The summed E-state index contributed by atoms with van der Waals surface area (Å²) in [5.41, 5.74) is 0.0852. The highest BCUT2D eigenvalue weighted by Crippen LogP contribution is 2.35. The van der Waals surface area contributed by atoms with Gasteiger partial charge < -0.3 is 11.1 Å². The molecular formula is C25H21F7N8O2. The Morgan fingerprint density at radius 3 is 2.50 bits per heavy atom. The van der Waals surface area contributed by atoms with Crippen LogP contribution >= 0.6 is 0 Å². The topological polar surface area (TPSA) is 144 Å². The van der Waals surface area contributed by atoms with Crippen LogP contribution in [0.1, 0.15) is 36.8 Å². The molecule has 1 fully saturated rings. The number of fused-ring (bicyclic) bond motifs is 1. The molecule has 42 heavy (non-hydrogen) atoms. The van der Waals surface area contributed by atoms with Crippen molar-refractivity contribution in [1.82, 2.24) is 29.7 Å². The summed E-state index contributed by atoms with van der Waals surface area (Å²) in [5.74, 6) is -2.45. The average Bonchev–Trinajstić information content (AvgIpc) is 2.89. The quantitative estimate of drug-likeness (QED) is 0.288. The molecule has 3 aromatic heterocycles. The van der Waals surface area contributed by atoms with E-state index in [0.29, 0.717) is 31.9 Å². The van der Waals surface area contributed by atoms with Crippen molar-refractivity contribution in [2.24, 2.45) is 5.92 Å². The number of anilines is 2. The molecule has 0 spiro atoms. The van der Waals surface area contributed by atoms with Crippen molar-refractivity contribution in [1.29, 1.82) is 0 Å². The summed E-state index contributed by atoms with van der Waals surface area (Å²) in [6, 6.07) is 1.58. The van der Waals surface area contributed by atoms with Crippen molar-refractivity contribution < 1.29 is 30.7 Å². The Hall–Kier alpha value is -4.57. The highest BCUT2D eigenvalue weighted by molar-refractivity contribution is 5.82. The van der Waals surface area contributed by atoms with E-state index in [0.717, 1.165) is 18.3 Å². The number of halogens is 7. The molecule has 0 bridgehead atoms. The number of nitrogen functional groups attached to an aromatic ring is 1. The SMILES string of the molecule is Nc1nc(-c2cc3ncn(CC4CCC[C@H](Nc5cn[nH]c(=O)c5C(F)(F)F)C4)c(=O)c3cc2F)ncc1C(F)(F)F. The fourth-order valence-electron chi connectivity index (χ4n) is 5.10. The van der Waals surface area contributed by atoms with E-state index in [4.69, 9.17) is 5.73 Å². The zero-order valence-electron chi connectivity index (χ0n) is 21.4. The lowest BCUT2D eigenvalue weighted by molar-refractivity contribution is -0.138. The van der Waals surface area contributed by atoms with Crippen molar-refractivity contribution in [3.8, 4) is 11.4 Å². The van der Waals surface area contributed by atoms with E-state index in [1.807, 2.05) is 0 Å². The molecule has 0 radical (unpaired) electrons. The van der Waals surface area contributed by atoms with Gasteiger partial charge in [-0.05, 0) is 37.3 Å². The first kappa shape index (κ1) is 28.9. The monoisotopic (exact) mass is 598 g/mol. The average molecular weight is 598 g/mol. The molecule has 4 aromatic rings. The van der Waals surface area contributed by atoms with Gasteiger partial charge in [0, 0.05) is 18.8 Å². The smallest absolute Gasteiger partial charge is 0.383 e. The first-order chi connectivity index (χ1) is 19.7. The van der Waals surface area contributed by atoms with Crippen molar-refractivity contribution in [3.63, 3.8) is 0 Å².